The summed E-state index contributed by atoms with van der Waals surface area (Å²) < 4.78 is 10.6. The Bertz CT molecular complexity index is 935. The second kappa shape index (κ2) is 10.6. The van der Waals surface area contributed by atoms with Crippen LogP contribution in [0.5, 0.6) is 11.5 Å². The molecule has 1 aliphatic heterocycles. The number of aromatic amines is 1. The van der Waals surface area contributed by atoms with Crippen LogP contribution in [0.25, 0.3) is 22.4 Å². The molecule has 164 valence electrons. The highest BCUT2D eigenvalue weighted by Gasteiger charge is 2.20. The van der Waals surface area contributed by atoms with Gasteiger partial charge in [0.1, 0.15) is 11.5 Å². The summed E-state index contributed by atoms with van der Waals surface area (Å²) in [7, 11) is 3.31. The van der Waals surface area contributed by atoms with E-state index in [-0.39, 0.29) is 17.6 Å². The van der Waals surface area contributed by atoms with Crippen LogP contribution >= 0.6 is 24.2 Å². The molecule has 2 heterocycles. The third-order valence-corrected chi connectivity index (χ3v) is 6.02. The number of thioether (sulfide) groups is 1. The molecule has 1 aromatic heterocycles. The minimum Gasteiger partial charge on any atom is -0.497 e. The molecule has 2 aromatic carbocycles. The molecule has 1 amide bonds. The number of H-pyrrole nitrogens is 1. The number of benzene rings is 2. The number of rotatable bonds is 5. The fourth-order valence-corrected chi connectivity index (χ4v) is 4.30. The molecular weight excluding hydrogens is 434 g/mol. The Morgan fingerprint density at radius 3 is 2.00 bits per heavy atom. The molecule has 2 N–H and O–H groups in total. The Morgan fingerprint density at radius 1 is 0.903 bits per heavy atom. The molecule has 8 heteroatoms. The van der Waals surface area contributed by atoms with Gasteiger partial charge in [0, 0.05) is 31.7 Å². The first-order valence-electron chi connectivity index (χ1n) is 9.87. The number of ether oxygens (including phenoxy) is 2. The Hall–Kier alpha value is -2.61. The molecule has 0 radical (unpaired) electrons. The highest BCUT2D eigenvalue weighted by molar-refractivity contribution is 8.13. The summed E-state index contributed by atoms with van der Waals surface area (Å²) in [5.41, 5.74) is 4.10. The van der Waals surface area contributed by atoms with Crippen molar-refractivity contribution in [2.45, 2.75) is 5.03 Å². The predicted molar refractivity (Wildman–Crippen MR) is 128 cm³/mol. The maximum atomic E-state index is 12.7. The van der Waals surface area contributed by atoms with Crippen molar-refractivity contribution in [2.75, 3.05) is 40.4 Å². The van der Waals surface area contributed by atoms with E-state index in [4.69, 9.17) is 9.47 Å². The van der Waals surface area contributed by atoms with Crippen LogP contribution < -0.4 is 14.8 Å². The van der Waals surface area contributed by atoms with E-state index < -0.39 is 0 Å². The van der Waals surface area contributed by atoms with Crippen LogP contribution in [0, 0.1) is 0 Å². The standard InChI is InChI=1S/C23H25N3O3S.ClH/c1-28-18-7-3-16(4-8-18)20-15-21(30-23(27)26-13-11-24-12-14-26)25-22(20)17-5-9-19(29-2)10-6-17;/h3-10,15,24-25H,11-14H2,1-2H3;1H. The zero-order chi connectivity index (χ0) is 20.9. The summed E-state index contributed by atoms with van der Waals surface area (Å²) in [4.78, 5) is 18.1. The fourth-order valence-electron chi connectivity index (χ4n) is 3.47. The molecule has 0 aliphatic carbocycles. The first-order valence-corrected chi connectivity index (χ1v) is 10.7. The van der Waals surface area contributed by atoms with Gasteiger partial charge in [-0.15, -0.1) is 12.4 Å². The fraction of sp³-hybridized carbons (Fsp3) is 0.261. The third kappa shape index (κ3) is 5.36. The molecule has 1 fully saturated rings. The van der Waals surface area contributed by atoms with Crippen molar-refractivity contribution in [2.24, 2.45) is 0 Å². The van der Waals surface area contributed by atoms with Crippen molar-refractivity contribution in [1.29, 1.82) is 0 Å². The van der Waals surface area contributed by atoms with Gasteiger partial charge in [-0.2, -0.15) is 0 Å². The first kappa shape index (κ1) is 23.1. The molecule has 1 aliphatic rings. The van der Waals surface area contributed by atoms with Gasteiger partial charge >= 0.3 is 0 Å². The summed E-state index contributed by atoms with van der Waals surface area (Å²) in [6.07, 6.45) is 0. The van der Waals surface area contributed by atoms with Gasteiger partial charge in [0.15, 0.2) is 0 Å². The number of carbonyl (C=O) groups excluding carboxylic acids is 1. The summed E-state index contributed by atoms with van der Waals surface area (Å²) in [5, 5.41) is 4.18. The summed E-state index contributed by atoms with van der Waals surface area (Å²) in [6.45, 7) is 3.16. The van der Waals surface area contributed by atoms with Crippen LogP contribution in [0.4, 0.5) is 4.79 Å². The van der Waals surface area contributed by atoms with Crippen LogP contribution in [-0.2, 0) is 0 Å². The number of aromatic nitrogens is 1. The first-order chi connectivity index (χ1) is 14.7. The highest BCUT2D eigenvalue weighted by atomic mass is 35.5. The van der Waals surface area contributed by atoms with Crippen LogP contribution in [0.2, 0.25) is 0 Å². The monoisotopic (exact) mass is 459 g/mol. The second-order valence-corrected chi connectivity index (χ2v) is 7.98. The lowest BCUT2D eigenvalue weighted by Crippen LogP contribution is -2.45. The molecule has 0 unspecified atom stereocenters. The van der Waals surface area contributed by atoms with E-state index in [1.165, 1.54) is 11.8 Å². The average molecular weight is 460 g/mol. The van der Waals surface area contributed by atoms with Gasteiger partial charge in [-0.3, -0.25) is 4.79 Å². The molecule has 4 rings (SSSR count). The maximum absolute atomic E-state index is 12.7. The van der Waals surface area contributed by atoms with E-state index in [1.54, 1.807) is 14.2 Å². The lowest BCUT2D eigenvalue weighted by atomic mass is 10.0. The number of nitrogens with zero attached hydrogens (tertiary/aromatic N) is 1. The highest BCUT2D eigenvalue weighted by Crippen LogP contribution is 2.37. The van der Waals surface area contributed by atoms with Crippen molar-refractivity contribution >= 4 is 29.4 Å². The molecule has 6 nitrogen and oxygen atoms in total. The topological polar surface area (TPSA) is 66.6 Å². The normalized spacial score (nSPS) is 13.4. The van der Waals surface area contributed by atoms with Crippen LogP contribution in [0.15, 0.2) is 59.6 Å². The molecule has 0 saturated carbocycles. The smallest absolute Gasteiger partial charge is 0.287 e. The molecule has 31 heavy (non-hydrogen) atoms. The summed E-state index contributed by atoms with van der Waals surface area (Å²) >= 11 is 1.24. The van der Waals surface area contributed by atoms with E-state index in [1.807, 2.05) is 59.5 Å². The molecule has 0 atom stereocenters. The van der Waals surface area contributed by atoms with Crippen molar-refractivity contribution in [3.63, 3.8) is 0 Å². The number of hydrogen-bond donors (Lipinski definition) is 2. The minimum atomic E-state index is 0. The van der Waals surface area contributed by atoms with Crippen LogP contribution in [-0.4, -0.2) is 55.5 Å². The molecule has 3 aromatic rings. The third-order valence-electron chi connectivity index (χ3n) is 5.15. The Balaban J connectivity index is 0.00000272. The molecule has 0 spiro atoms. The van der Waals surface area contributed by atoms with Crippen molar-refractivity contribution in [3.8, 4) is 33.9 Å². The number of methoxy groups -OCH3 is 2. The zero-order valence-corrected chi connectivity index (χ0v) is 19.1. The van der Waals surface area contributed by atoms with E-state index in [9.17, 15) is 4.79 Å². The van der Waals surface area contributed by atoms with Gasteiger partial charge in [0.25, 0.3) is 5.24 Å². The Labute approximate surface area is 192 Å². The van der Waals surface area contributed by atoms with Gasteiger partial charge < -0.3 is 24.7 Å². The van der Waals surface area contributed by atoms with E-state index in [0.29, 0.717) is 0 Å². The summed E-state index contributed by atoms with van der Waals surface area (Å²) in [5.74, 6) is 1.61. The van der Waals surface area contributed by atoms with Crippen molar-refractivity contribution in [1.82, 2.24) is 15.2 Å². The van der Waals surface area contributed by atoms with Gasteiger partial charge in [0.2, 0.25) is 0 Å². The summed E-state index contributed by atoms with van der Waals surface area (Å²) in [6, 6.07) is 17.9. The second-order valence-electron chi connectivity index (χ2n) is 6.98. The number of carbonyl (C=O) groups is 1. The maximum Gasteiger partial charge on any atom is 0.287 e. The number of nitrogens with one attached hydrogen (secondary N) is 2. The van der Waals surface area contributed by atoms with E-state index in [0.717, 1.165) is 65.1 Å². The Morgan fingerprint density at radius 2 is 1.45 bits per heavy atom. The number of amides is 1. The zero-order valence-electron chi connectivity index (χ0n) is 17.5. The number of piperazine rings is 1. The lowest BCUT2D eigenvalue weighted by Gasteiger charge is -2.26. The molecule has 1 saturated heterocycles. The molecule has 0 bridgehead atoms. The van der Waals surface area contributed by atoms with Crippen molar-refractivity contribution < 1.29 is 14.3 Å². The average Bonchev–Trinajstić information content (AvgIpc) is 3.23. The van der Waals surface area contributed by atoms with Gasteiger partial charge in [-0.25, -0.2) is 0 Å². The molecular formula is C23H26ClN3O3S. The van der Waals surface area contributed by atoms with Crippen LogP contribution in [0.3, 0.4) is 0 Å². The lowest BCUT2D eigenvalue weighted by molar-refractivity contribution is 0.215. The largest absolute Gasteiger partial charge is 0.497 e. The number of hydrogen-bond acceptors (Lipinski definition) is 5. The minimum absolute atomic E-state index is 0. The van der Waals surface area contributed by atoms with Crippen molar-refractivity contribution in [3.05, 3.63) is 54.6 Å². The van der Waals surface area contributed by atoms with E-state index in [2.05, 4.69) is 10.3 Å². The quantitative estimate of drug-likeness (QED) is 0.531. The van der Waals surface area contributed by atoms with Crippen LogP contribution in [0.1, 0.15) is 0 Å². The predicted octanol–water partition coefficient (Wildman–Crippen LogP) is 4.91. The Kier molecular flexibility index (Phi) is 7.90. The van der Waals surface area contributed by atoms with Gasteiger partial charge in [0.05, 0.1) is 24.9 Å². The van der Waals surface area contributed by atoms with Gasteiger partial charge in [-0.05, 0) is 65.4 Å². The van der Waals surface area contributed by atoms with Gasteiger partial charge in [-0.1, -0.05) is 12.1 Å². The SMILES string of the molecule is COc1ccc(-c2cc(SC(=O)N3CCNCC3)[nH]c2-c2ccc(OC)cc2)cc1.Cl. The number of halogens is 1. The van der Waals surface area contributed by atoms with E-state index >= 15 is 0 Å².